The average Bonchev–Trinajstić information content (AvgIpc) is 2.80. The Labute approximate surface area is 105 Å². The van der Waals surface area contributed by atoms with Crippen LogP contribution in [0, 0.1) is 19.8 Å². The van der Waals surface area contributed by atoms with Crippen molar-refractivity contribution in [2.24, 2.45) is 5.92 Å². The van der Waals surface area contributed by atoms with E-state index in [1.165, 1.54) is 0 Å². The van der Waals surface area contributed by atoms with Crippen molar-refractivity contribution in [3.8, 4) is 0 Å². The summed E-state index contributed by atoms with van der Waals surface area (Å²) in [5, 5.41) is 10.5. The highest BCUT2D eigenvalue weighted by Gasteiger charge is 2.42. The number of thioether (sulfide) groups is 1. The van der Waals surface area contributed by atoms with Gasteiger partial charge in [-0.15, -0.1) is 0 Å². The molecule has 1 aromatic rings. The summed E-state index contributed by atoms with van der Waals surface area (Å²) >= 11 is 1.89. The zero-order chi connectivity index (χ0) is 12.0. The SMILES string of the molecule is Cc1cc(N2CC3SCC(O)C3C2)nc(C)n1. The monoisotopic (exact) mass is 251 g/mol. The normalized spacial score (nSPS) is 31.9. The van der Waals surface area contributed by atoms with Gasteiger partial charge < -0.3 is 10.0 Å². The van der Waals surface area contributed by atoms with Crippen LogP contribution in [-0.2, 0) is 0 Å². The summed E-state index contributed by atoms with van der Waals surface area (Å²) < 4.78 is 0. The molecule has 2 saturated heterocycles. The highest BCUT2D eigenvalue weighted by Crippen LogP contribution is 2.39. The fraction of sp³-hybridized carbons (Fsp3) is 0.667. The molecule has 0 amide bonds. The van der Waals surface area contributed by atoms with Gasteiger partial charge in [-0.2, -0.15) is 11.8 Å². The molecule has 0 aromatic carbocycles. The second kappa shape index (κ2) is 4.14. The van der Waals surface area contributed by atoms with Crippen LogP contribution in [-0.4, -0.2) is 45.3 Å². The van der Waals surface area contributed by atoms with E-state index in [1.807, 2.05) is 31.7 Å². The van der Waals surface area contributed by atoms with Crippen molar-refractivity contribution in [1.29, 1.82) is 0 Å². The molecule has 2 aliphatic rings. The van der Waals surface area contributed by atoms with Gasteiger partial charge in [0.05, 0.1) is 6.10 Å². The number of anilines is 1. The molecule has 4 nitrogen and oxygen atoms in total. The molecule has 0 bridgehead atoms. The molecule has 3 rings (SSSR count). The van der Waals surface area contributed by atoms with Gasteiger partial charge in [-0.05, 0) is 13.8 Å². The number of aryl methyl sites for hydroxylation is 2. The summed E-state index contributed by atoms with van der Waals surface area (Å²) in [6.07, 6.45) is -0.140. The molecule has 0 spiro atoms. The molecular weight excluding hydrogens is 234 g/mol. The molecule has 5 heteroatoms. The van der Waals surface area contributed by atoms with Crippen molar-refractivity contribution >= 4 is 17.6 Å². The number of hydrogen-bond donors (Lipinski definition) is 1. The molecule has 3 atom stereocenters. The van der Waals surface area contributed by atoms with Gasteiger partial charge in [-0.3, -0.25) is 0 Å². The number of aliphatic hydroxyl groups excluding tert-OH is 1. The first-order valence-corrected chi connectivity index (χ1v) is 7.05. The summed E-state index contributed by atoms with van der Waals surface area (Å²) in [6.45, 7) is 5.85. The molecule has 0 saturated carbocycles. The van der Waals surface area contributed by atoms with E-state index in [2.05, 4.69) is 14.9 Å². The van der Waals surface area contributed by atoms with Crippen molar-refractivity contribution in [2.75, 3.05) is 23.7 Å². The van der Waals surface area contributed by atoms with Gasteiger partial charge in [0.1, 0.15) is 11.6 Å². The summed E-state index contributed by atoms with van der Waals surface area (Å²) in [6, 6.07) is 2.03. The van der Waals surface area contributed by atoms with Gasteiger partial charge in [0.25, 0.3) is 0 Å². The molecule has 3 heterocycles. The van der Waals surface area contributed by atoms with E-state index in [0.29, 0.717) is 11.2 Å². The van der Waals surface area contributed by atoms with Crippen molar-refractivity contribution in [1.82, 2.24) is 9.97 Å². The van der Waals surface area contributed by atoms with Crippen LogP contribution in [0.25, 0.3) is 0 Å². The number of nitrogens with zero attached hydrogens (tertiary/aromatic N) is 3. The molecule has 1 aromatic heterocycles. The van der Waals surface area contributed by atoms with Crippen LogP contribution < -0.4 is 4.90 Å². The molecule has 2 fully saturated rings. The predicted octanol–water partition coefficient (Wildman–Crippen LogP) is 1.01. The van der Waals surface area contributed by atoms with Crippen molar-refractivity contribution in [2.45, 2.75) is 25.2 Å². The largest absolute Gasteiger partial charge is 0.392 e. The van der Waals surface area contributed by atoms with Gasteiger partial charge in [-0.1, -0.05) is 0 Å². The minimum atomic E-state index is -0.140. The Balaban J connectivity index is 1.82. The maximum absolute atomic E-state index is 9.89. The lowest BCUT2D eigenvalue weighted by Gasteiger charge is -2.19. The fourth-order valence-corrected chi connectivity index (χ4v) is 4.23. The van der Waals surface area contributed by atoms with Gasteiger partial charge in [0.15, 0.2) is 0 Å². The van der Waals surface area contributed by atoms with E-state index in [9.17, 15) is 5.11 Å². The van der Waals surface area contributed by atoms with Crippen LogP contribution in [0.2, 0.25) is 0 Å². The molecule has 2 aliphatic heterocycles. The van der Waals surface area contributed by atoms with Gasteiger partial charge in [-0.25, -0.2) is 9.97 Å². The van der Waals surface area contributed by atoms with Crippen molar-refractivity contribution in [3.63, 3.8) is 0 Å². The van der Waals surface area contributed by atoms with Gasteiger partial charge in [0, 0.05) is 41.8 Å². The Hall–Kier alpha value is -0.810. The molecule has 17 heavy (non-hydrogen) atoms. The molecule has 3 unspecified atom stereocenters. The zero-order valence-corrected chi connectivity index (χ0v) is 10.9. The van der Waals surface area contributed by atoms with Gasteiger partial charge in [0.2, 0.25) is 0 Å². The first kappa shape index (κ1) is 11.3. The van der Waals surface area contributed by atoms with Crippen LogP contribution in [0.1, 0.15) is 11.5 Å². The zero-order valence-electron chi connectivity index (χ0n) is 10.1. The van der Waals surface area contributed by atoms with Crippen LogP contribution >= 0.6 is 11.8 Å². The van der Waals surface area contributed by atoms with Crippen LogP contribution in [0.5, 0.6) is 0 Å². The summed E-state index contributed by atoms with van der Waals surface area (Å²) in [4.78, 5) is 11.1. The van der Waals surface area contributed by atoms with E-state index in [1.54, 1.807) is 0 Å². The quantitative estimate of drug-likeness (QED) is 0.807. The molecule has 0 radical (unpaired) electrons. The van der Waals surface area contributed by atoms with Crippen LogP contribution in [0.4, 0.5) is 5.82 Å². The molecule has 92 valence electrons. The Bertz CT molecular complexity index is 420. The minimum Gasteiger partial charge on any atom is -0.392 e. The van der Waals surface area contributed by atoms with Gasteiger partial charge >= 0.3 is 0 Å². The lowest BCUT2D eigenvalue weighted by Crippen LogP contribution is -2.26. The number of fused-ring (bicyclic) bond motifs is 1. The molecule has 0 aliphatic carbocycles. The summed E-state index contributed by atoms with van der Waals surface area (Å²) in [5.41, 5.74) is 1.01. The Morgan fingerprint density at radius 3 is 2.88 bits per heavy atom. The average molecular weight is 251 g/mol. The number of aromatic nitrogens is 2. The van der Waals surface area contributed by atoms with E-state index in [4.69, 9.17) is 0 Å². The maximum atomic E-state index is 9.89. The lowest BCUT2D eigenvalue weighted by molar-refractivity contribution is 0.152. The topological polar surface area (TPSA) is 49.2 Å². The third kappa shape index (κ3) is 2.02. The number of hydrogen-bond acceptors (Lipinski definition) is 5. The van der Waals surface area contributed by atoms with Crippen molar-refractivity contribution < 1.29 is 5.11 Å². The van der Waals surface area contributed by atoms with E-state index < -0.39 is 0 Å². The van der Waals surface area contributed by atoms with Crippen LogP contribution in [0.15, 0.2) is 6.07 Å². The highest BCUT2D eigenvalue weighted by atomic mass is 32.2. The Kier molecular flexibility index (Phi) is 2.75. The fourth-order valence-electron chi connectivity index (χ4n) is 2.74. The standard InChI is InChI=1S/C12H17N3OS/c1-7-3-12(14-8(2)13-7)15-4-9-10(16)6-17-11(9)5-15/h3,9-11,16H,4-6H2,1-2H3. The smallest absolute Gasteiger partial charge is 0.132 e. The number of rotatable bonds is 1. The second-order valence-electron chi connectivity index (χ2n) is 4.92. The third-order valence-corrected chi connectivity index (χ3v) is 5.02. The third-order valence-electron chi connectivity index (χ3n) is 3.56. The molecular formula is C12H17N3OS. The highest BCUT2D eigenvalue weighted by molar-refractivity contribution is 8.00. The second-order valence-corrected chi connectivity index (χ2v) is 6.19. The first-order chi connectivity index (χ1) is 8.13. The minimum absolute atomic E-state index is 0.140. The van der Waals surface area contributed by atoms with E-state index in [0.717, 1.165) is 36.2 Å². The lowest BCUT2D eigenvalue weighted by atomic mass is 10.0. The Morgan fingerprint density at radius 1 is 1.35 bits per heavy atom. The molecule has 1 N–H and O–H groups in total. The number of aliphatic hydroxyl groups is 1. The predicted molar refractivity (Wildman–Crippen MR) is 69.5 cm³/mol. The summed E-state index contributed by atoms with van der Waals surface area (Å²) in [7, 11) is 0. The maximum Gasteiger partial charge on any atom is 0.132 e. The Morgan fingerprint density at radius 2 is 2.18 bits per heavy atom. The summed E-state index contributed by atoms with van der Waals surface area (Å²) in [5.74, 6) is 3.14. The first-order valence-electron chi connectivity index (χ1n) is 6.00. The van der Waals surface area contributed by atoms with E-state index >= 15 is 0 Å². The van der Waals surface area contributed by atoms with Crippen LogP contribution in [0.3, 0.4) is 0 Å². The van der Waals surface area contributed by atoms with Crippen molar-refractivity contribution in [3.05, 3.63) is 17.6 Å². The van der Waals surface area contributed by atoms with E-state index in [-0.39, 0.29) is 6.10 Å².